The molecule has 9 heteroatoms. The van der Waals surface area contributed by atoms with E-state index in [2.05, 4.69) is 50.1 Å². The number of carbonyl (C=O) groups is 1. The Morgan fingerprint density at radius 3 is 2.93 bits per heavy atom. The van der Waals surface area contributed by atoms with E-state index in [0.717, 1.165) is 29.3 Å². The van der Waals surface area contributed by atoms with Crippen LogP contribution in [0.4, 0.5) is 5.95 Å². The van der Waals surface area contributed by atoms with E-state index in [0.29, 0.717) is 23.5 Å². The summed E-state index contributed by atoms with van der Waals surface area (Å²) in [5.74, 6) is 0.192. The molecular weight excluding hydrogens is 356 g/mol. The Bertz CT molecular complexity index is 1190. The fourth-order valence-electron chi connectivity index (χ4n) is 3.92. The van der Waals surface area contributed by atoms with Crippen molar-refractivity contribution in [2.24, 2.45) is 18.7 Å². The topological polar surface area (TPSA) is 117 Å². The zero-order chi connectivity index (χ0) is 19.3. The highest BCUT2D eigenvalue weighted by atomic mass is 16.1. The lowest BCUT2D eigenvalue weighted by Crippen LogP contribution is -2.23. The average molecular weight is 376 g/mol. The van der Waals surface area contributed by atoms with Gasteiger partial charge >= 0.3 is 0 Å². The van der Waals surface area contributed by atoms with E-state index < -0.39 is 0 Å². The normalized spacial score (nSPS) is 19.5. The van der Waals surface area contributed by atoms with Gasteiger partial charge in [0.1, 0.15) is 0 Å². The van der Waals surface area contributed by atoms with E-state index in [4.69, 9.17) is 5.73 Å². The number of aromatic nitrogens is 6. The van der Waals surface area contributed by atoms with Gasteiger partial charge in [0.25, 0.3) is 0 Å². The number of amides is 1. The van der Waals surface area contributed by atoms with E-state index in [1.165, 1.54) is 0 Å². The minimum Gasteiger partial charge on any atom is -0.369 e. The van der Waals surface area contributed by atoms with E-state index in [-0.39, 0.29) is 17.9 Å². The lowest BCUT2D eigenvalue weighted by molar-refractivity contribution is -0.121. The molecule has 9 nitrogen and oxygen atoms in total. The number of primary amides is 1. The Morgan fingerprint density at radius 2 is 2.11 bits per heavy atom. The number of aryl methyl sites for hydroxylation is 1. The summed E-state index contributed by atoms with van der Waals surface area (Å²) in [6, 6.07) is 6.26. The van der Waals surface area contributed by atoms with Crippen molar-refractivity contribution in [2.45, 2.75) is 25.3 Å². The first-order valence-corrected chi connectivity index (χ1v) is 9.27. The SMILES string of the molecule is Cn1cc2ccc(-n3nnc4cnc(NC5CC[C@@H](C(N)=O)C5)nc43)cc2c1. The molecule has 1 unspecified atom stereocenters. The van der Waals surface area contributed by atoms with E-state index in [1.54, 1.807) is 10.9 Å². The minimum atomic E-state index is -0.237. The van der Waals surface area contributed by atoms with Crippen LogP contribution in [0, 0.1) is 5.92 Å². The summed E-state index contributed by atoms with van der Waals surface area (Å²) < 4.78 is 3.74. The molecule has 5 rings (SSSR count). The van der Waals surface area contributed by atoms with Crippen LogP contribution < -0.4 is 11.1 Å². The van der Waals surface area contributed by atoms with Gasteiger partial charge in [-0.1, -0.05) is 11.3 Å². The number of carbonyl (C=O) groups excluding carboxylic acids is 1. The standard InChI is InChI=1S/C19H20N8O/c1-26-9-12-3-5-15(7-13(12)10-26)27-18-16(24-25-27)8-21-19(23-18)22-14-4-2-11(6-14)17(20)28/h3,5,7-11,14H,2,4,6H2,1H3,(H2,20,28)(H,21,22,23)/t11-,14?/m1/s1. The second kappa shape index (κ2) is 6.29. The number of fused-ring (bicyclic) bond motifs is 2. The fourth-order valence-corrected chi connectivity index (χ4v) is 3.92. The van der Waals surface area contributed by atoms with Gasteiger partial charge in [0, 0.05) is 36.8 Å². The van der Waals surface area contributed by atoms with Gasteiger partial charge in [0.05, 0.1) is 11.9 Å². The van der Waals surface area contributed by atoms with Crippen LogP contribution in [-0.4, -0.2) is 41.5 Å². The molecule has 0 spiro atoms. The summed E-state index contributed by atoms with van der Waals surface area (Å²) >= 11 is 0. The lowest BCUT2D eigenvalue weighted by atomic mass is 10.1. The van der Waals surface area contributed by atoms with Crippen LogP contribution in [0.15, 0.2) is 36.8 Å². The highest BCUT2D eigenvalue weighted by molar-refractivity contribution is 5.85. The van der Waals surface area contributed by atoms with Gasteiger partial charge in [-0.05, 0) is 36.8 Å². The molecule has 3 heterocycles. The molecule has 1 saturated carbocycles. The smallest absolute Gasteiger partial charge is 0.225 e. The molecule has 0 saturated heterocycles. The van der Waals surface area contributed by atoms with Gasteiger partial charge in [-0.3, -0.25) is 4.79 Å². The molecule has 142 valence electrons. The maximum absolute atomic E-state index is 11.4. The minimum absolute atomic E-state index is 0.0778. The van der Waals surface area contributed by atoms with Gasteiger partial charge in [-0.2, -0.15) is 9.67 Å². The molecule has 2 atom stereocenters. The zero-order valence-electron chi connectivity index (χ0n) is 15.4. The third kappa shape index (κ3) is 2.84. The van der Waals surface area contributed by atoms with Crippen LogP contribution in [0.5, 0.6) is 0 Å². The molecule has 1 fully saturated rings. The van der Waals surface area contributed by atoms with Crippen molar-refractivity contribution in [3.05, 3.63) is 36.8 Å². The van der Waals surface area contributed by atoms with Crippen molar-refractivity contribution >= 4 is 33.8 Å². The van der Waals surface area contributed by atoms with Crippen molar-refractivity contribution in [1.82, 2.24) is 29.5 Å². The van der Waals surface area contributed by atoms with Gasteiger partial charge in [-0.25, -0.2) is 4.98 Å². The predicted molar refractivity (Wildman–Crippen MR) is 105 cm³/mol. The van der Waals surface area contributed by atoms with Gasteiger partial charge in [0.15, 0.2) is 11.2 Å². The van der Waals surface area contributed by atoms with Crippen molar-refractivity contribution in [3.8, 4) is 5.69 Å². The Balaban J connectivity index is 1.47. The van der Waals surface area contributed by atoms with Gasteiger partial charge in [0.2, 0.25) is 11.9 Å². The number of nitrogens with two attached hydrogens (primary N) is 1. The molecule has 1 aromatic carbocycles. The molecule has 0 radical (unpaired) electrons. The Labute approximate surface area is 160 Å². The number of nitrogens with one attached hydrogen (secondary N) is 1. The summed E-state index contributed by atoms with van der Waals surface area (Å²) in [5.41, 5.74) is 7.57. The number of hydrogen-bond acceptors (Lipinski definition) is 6. The number of rotatable bonds is 4. The van der Waals surface area contributed by atoms with Crippen molar-refractivity contribution in [1.29, 1.82) is 0 Å². The van der Waals surface area contributed by atoms with Gasteiger partial charge in [-0.15, -0.1) is 5.10 Å². The lowest BCUT2D eigenvalue weighted by Gasteiger charge is -2.12. The summed E-state index contributed by atoms with van der Waals surface area (Å²) in [7, 11) is 2.00. The average Bonchev–Trinajstić information content (AvgIpc) is 3.38. The maximum Gasteiger partial charge on any atom is 0.225 e. The van der Waals surface area contributed by atoms with E-state index in [9.17, 15) is 4.79 Å². The first-order chi connectivity index (χ1) is 13.6. The molecule has 4 aromatic rings. The Hall–Kier alpha value is -3.49. The Kier molecular flexibility index (Phi) is 3.75. The predicted octanol–water partition coefficient (Wildman–Crippen LogP) is 1.77. The molecular formula is C19H20N8O. The van der Waals surface area contributed by atoms with Gasteiger partial charge < -0.3 is 15.6 Å². The molecule has 1 aliphatic rings. The summed E-state index contributed by atoms with van der Waals surface area (Å²) in [5, 5.41) is 14.0. The van der Waals surface area contributed by atoms with Crippen LogP contribution in [0.2, 0.25) is 0 Å². The molecule has 3 N–H and O–H groups in total. The van der Waals surface area contributed by atoms with E-state index >= 15 is 0 Å². The quantitative estimate of drug-likeness (QED) is 0.561. The fraction of sp³-hybridized carbons (Fsp3) is 0.316. The summed E-state index contributed by atoms with van der Waals surface area (Å²) in [4.78, 5) is 20.3. The zero-order valence-corrected chi connectivity index (χ0v) is 15.4. The molecule has 28 heavy (non-hydrogen) atoms. The number of nitrogens with zero attached hydrogens (tertiary/aromatic N) is 6. The monoisotopic (exact) mass is 376 g/mol. The highest BCUT2D eigenvalue weighted by Gasteiger charge is 2.28. The van der Waals surface area contributed by atoms with Crippen LogP contribution >= 0.6 is 0 Å². The number of benzene rings is 1. The largest absolute Gasteiger partial charge is 0.369 e. The number of anilines is 1. The first-order valence-electron chi connectivity index (χ1n) is 9.27. The summed E-state index contributed by atoms with van der Waals surface area (Å²) in [6.45, 7) is 0. The van der Waals surface area contributed by atoms with Crippen molar-refractivity contribution in [3.63, 3.8) is 0 Å². The van der Waals surface area contributed by atoms with Crippen LogP contribution in [0.25, 0.3) is 27.6 Å². The maximum atomic E-state index is 11.4. The van der Waals surface area contributed by atoms with Crippen LogP contribution in [0.1, 0.15) is 19.3 Å². The second-order valence-electron chi connectivity index (χ2n) is 7.39. The molecule has 0 bridgehead atoms. The molecule has 0 aliphatic heterocycles. The molecule has 3 aromatic heterocycles. The van der Waals surface area contributed by atoms with E-state index in [1.807, 2.05) is 17.7 Å². The summed E-state index contributed by atoms with van der Waals surface area (Å²) in [6.07, 6.45) is 8.18. The van der Waals surface area contributed by atoms with Crippen molar-refractivity contribution in [2.75, 3.05) is 5.32 Å². The van der Waals surface area contributed by atoms with Crippen molar-refractivity contribution < 1.29 is 4.79 Å². The third-order valence-corrected chi connectivity index (χ3v) is 5.36. The van der Waals surface area contributed by atoms with Crippen LogP contribution in [-0.2, 0) is 11.8 Å². The second-order valence-corrected chi connectivity index (χ2v) is 7.39. The van der Waals surface area contributed by atoms with Crippen LogP contribution in [0.3, 0.4) is 0 Å². The molecule has 1 aliphatic carbocycles. The molecule has 1 amide bonds. The Morgan fingerprint density at radius 1 is 1.25 bits per heavy atom. The number of hydrogen-bond donors (Lipinski definition) is 2. The first kappa shape index (κ1) is 16.7. The highest BCUT2D eigenvalue weighted by Crippen LogP contribution is 2.27. The third-order valence-electron chi connectivity index (χ3n) is 5.36.